The fourth-order valence-corrected chi connectivity index (χ4v) is 4.03. The number of aryl methyl sites for hydroxylation is 1. The van der Waals surface area contributed by atoms with Crippen LogP contribution >= 0.6 is 0 Å². The summed E-state index contributed by atoms with van der Waals surface area (Å²) in [5, 5.41) is 0. The molecule has 4 aromatic rings. The Balaban J connectivity index is 1.55. The summed E-state index contributed by atoms with van der Waals surface area (Å²) in [6.07, 6.45) is -3.46. The Morgan fingerprint density at radius 3 is 1.83 bits per heavy atom. The minimum atomic E-state index is -4.99. The van der Waals surface area contributed by atoms with Crippen LogP contribution in [0.3, 0.4) is 0 Å². The lowest BCUT2D eigenvalue weighted by Gasteiger charge is -2.11. The molecule has 4 aromatic carbocycles. The van der Waals surface area contributed by atoms with E-state index in [1.165, 1.54) is 30.2 Å². The molecule has 0 amide bonds. The molecule has 0 saturated carbocycles. The number of alkyl halides is 3. The molecule has 4 rings (SSSR count). The van der Waals surface area contributed by atoms with Gasteiger partial charge in [0.1, 0.15) is 34.8 Å². The van der Waals surface area contributed by atoms with Crippen LogP contribution in [0.1, 0.15) is 34.8 Å². The Bertz CT molecular complexity index is 1670. The van der Waals surface area contributed by atoms with E-state index in [1.54, 1.807) is 12.1 Å². The van der Waals surface area contributed by atoms with Gasteiger partial charge in [0.05, 0.1) is 11.1 Å². The van der Waals surface area contributed by atoms with Gasteiger partial charge in [0, 0.05) is 29.2 Å². The van der Waals surface area contributed by atoms with Crippen molar-refractivity contribution in [2.24, 2.45) is 0 Å². The molecular weight excluding hydrogens is 556 g/mol. The van der Waals surface area contributed by atoms with Gasteiger partial charge in [-0.3, -0.25) is 0 Å². The van der Waals surface area contributed by atoms with Crippen LogP contribution in [0.2, 0.25) is 0 Å². The zero-order valence-electron chi connectivity index (χ0n) is 21.1. The quantitative estimate of drug-likeness (QED) is 0.0996. The number of hydrogen-bond acceptors (Lipinski definition) is 2. The molecule has 0 aliphatic carbocycles. The second-order valence-corrected chi connectivity index (χ2v) is 8.85. The van der Waals surface area contributed by atoms with Gasteiger partial charge < -0.3 is 4.74 Å². The summed E-state index contributed by atoms with van der Waals surface area (Å²) < 4.78 is 114. The number of ether oxygens (including phenoxy) is 1. The molecule has 2 nitrogen and oxygen atoms in total. The lowest BCUT2D eigenvalue weighted by molar-refractivity contribution is -0.0696. The molecule has 0 N–H and O–H groups in total. The molecular formula is C31H18F8O2. The second kappa shape index (κ2) is 11.8. The number of rotatable bonds is 6. The van der Waals surface area contributed by atoms with Crippen molar-refractivity contribution < 1.29 is 44.7 Å². The van der Waals surface area contributed by atoms with E-state index in [2.05, 4.69) is 0 Å². The first-order chi connectivity index (χ1) is 19.4. The summed E-state index contributed by atoms with van der Waals surface area (Å²) in [7, 11) is 0. The Labute approximate surface area is 229 Å². The minimum Gasteiger partial charge on any atom is -0.423 e. The van der Waals surface area contributed by atoms with Crippen molar-refractivity contribution >= 4 is 5.97 Å². The van der Waals surface area contributed by atoms with Crippen molar-refractivity contribution in [3.05, 3.63) is 113 Å². The molecule has 0 saturated heterocycles. The van der Waals surface area contributed by atoms with Crippen LogP contribution in [0.5, 0.6) is 5.75 Å². The average molecular weight is 574 g/mol. The van der Waals surface area contributed by atoms with Crippen molar-refractivity contribution in [2.75, 3.05) is 0 Å². The summed E-state index contributed by atoms with van der Waals surface area (Å²) in [6.45, 7) is 1.96. The molecule has 0 aliphatic rings. The van der Waals surface area contributed by atoms with E-state index < -0.39 is 58.1 Å². The Kier molecular flexibility index (Phi) is 8.47. The van der Waals surface area contributed by atoms with Gasteiger partial charge in [-0.2, -0.15) is 13.2 Å². The number of carbonyl (C=O) groups excluding carboxylic acids is 1. The van der Waals surface area contributed by atoms with Gasteiger partial charge in [-0.1, -0.05) is 49.6 Å². The highest BCUT2D eigenvalue weighted by Gasteiger charge is 2.24. The van der Waals surface area contributed by atoms with Crippen molar-refractivity contribution in [1.29, 1.82) is 0 Å². The van der Waals surface area contributed by atoms with Crippen LogP contribution in [-0.4, -0.2) is 12.1 Å². The van der Waals surface area contributed by atoms with E-state index in [1.807, 2.05) is 6.92 Å². The normalized spacial score (nSPS) is 11.1. The molecule has 41 heavy (non-hydrogen) atoms. The molecule has 0 unspecified atom stereocenters. The third-order valence-corrected chi connectivity index (χ3v) is 5.91. The summed E-state index contributed by atoms with van der Waals surface area (Å²) in [5.41, 5.74) is -0.608. The molecule has 210 valence electrons. The van der Waals surface area contributed by atoms with Gasteiger partial charge in [-0.25, -0.2) is 26.7 Å². The highest BCUT2D eigenvalue weighted by Crippen LogP contribution is 2.31. The zero-order chi connectivity index (χ0) is 29.9. The first kappa shape index (κ1) is 29.3. The lowest BCUT2D eigenvalue weighted by atomic mass is 9.97. The Hall–Kier alpha value is -4.65. The van der Waals surface area contributed by atoms with Gasteiger partial charge in [-0.15, -0.1) is 0 Å². The summed E-state index contributed by atoms with van der Waals surface area (Å²) in [6, 6.07) is 12.4. The SMILES string of the molecule is CCCc1ccc(-c2ccc(-c3ccc(C(=O)Oc4cc(F)c(C#CC(F)(F)F)c(F)c4)c(F)c3)c(F)c2)c(F)c1. The maximum atomic E-state index is 15.0. The molecule has 0 heterocycles. The number of carbonyl (C=O) groups is 1. The van der Waals surface area contributed by atoms with E-state index in [0.717, 1.165) is 36.1 Å². The fraction of sp³-hybridized carbons (Fsp3) is 0.129. The number of benzene rings is 4. The molecule has 0 aromatic heterocycles. The van der Waals surface area contributed by atoms with Gasteiger partial charge >= 0.3 is 12.1 Å². The predicted octanol–water partition coefficient (Wildman–Crippen LogP) is 8.80. The van der Waals surface area contributed by atoms with E-state index in [4.69, 9.17) is 4.74 Å². The summed E-state index contributed by atoms with van der Waals surface area (Å²) in [4.78, 5) is 12.4. The van der Waals surface area contributed by atoms with E-state index >= 15 is 0 Å². The van der Waals surface area contributed by atoms with Crippen LogP contribution in [0.25, 0.3) is 22.3 Å². The molecule has 0 aliphatic heterocycles. The molecule has 0 atom stereocenters. The Morgan fingerprint density at radius 2 is 1.29 bits per heavy atom. The molecule has 0 spiro atoms. The van der Waals surface area contributed by atoms with Crippen LogP contribution in [0, 0.1) is 40.9 Å². The first-order valence-electron chi connectivity index (χ1n) is 12.1. The monoisotopic (exact) mass is 574 g/mol. The van der Waals surface area contributed by atoms with Crippen LogP contribution in [0.4, 0.5) is 35.1 Å². The van der Waals surface area contributed by atoms with Crippen LogP contribution < -0.4 is 4.74 Å². The lowest BCUT2D eigenvalue weighted by Crippen LogP contribution is -2.11. The predicted molar refractivity (Wildman–Crippen MR) is 135 cm³/mol. The molecule has 0 fully saturated rings. The van der Waals surface area contributed by atoms with E-state index in [-0.39, 0.29) is 22.3 Å². The molecule has 10 heteroatoms. The highest BCUT2D eigenvalue weighted by atomic mass is 19.4. The highest BCUT2D eigenvalue weighted by molar-refractivity contribution is 5.92. The van der Waals surface area contributed by atoms with E-state index in [9.17, 15) is 39.9 Å². The maximum Gasteiger partial charge on any atom is 0.458 e. The fourth-order valence-electron chi connectivity index (χ4n) is 4.03. The topological polar surface area (TPSA) is 26.3 Å². The second-order valence-electron chi connectivity index (χ2n) is 8.85. The van der Waals surface area contributed by atoms with Gasteiger partial charge in [0.25, 0.3) is 0 Å². The van der Waals surface area contributed by atoms with Crippen molar-refractivity contribution in [3.63, 3.8) is 0 Å². The van der Waals surface area contributed by atoms with Gasteiger partial charge in [0.2, 0.25) is 0 Å². The van der Waals surface area contributed by atoms with Crippen LogP contribution in [0.15, 0.2) is 66.7 Å². The number of halogens is 8. The summed E-state index contributed by atoms with van der Waals surface area (Å²) >= 11 is 0. The molecule has 0 bridgehead atoms. The zero-order valence-corrected chi connectivity index (χ0v) is 21.1. The Morgan fingerprint density at radius 1 is 0.732 bits per heavy atom. The maximum absolute atomic E-state index is 15.0. The van der Waals surface area contributed by atoms with Crippen molar-refractivity contribution in [3.8, 4) is 39.8 Å². The number of esters is 1. The summed E-state index contributed by atoms with van der Waals surface area (Å²) in [5.74, 6) is -5.59. The largest absolute Gasteiger partial charge is 0.458 e. The standard InChI is InChI=1S/C31H18F8O2/c1-2-3-17-4-7-21(25(32)12-17)18-5-8-22(26(33)13-18)19-6-9-24(27(34)14-19)30(40)41-20-15-28(35)23(29(36)16-20)10-11-31(37,38)39/h4-9,12-16H,2-3H2,1H3. The minimum absolute atomic E-state index is 0.0338. The van der Waals surface area contributed by atoms with Gasteiger partial charge in [0.15, 0.2) is 0 Å². The van der Waals surface area contributed by atoms with Crippen LogP contribution in [-0.2, 0) is 6.42 Å². The van der Waals surface area contributed by atoms with Gasteiger partial charge in [-0.05, 0) is 47.4 Å². The van der Waals surface area contributed by atoms with E-state index in [0.29, 0.717) is 18.6 Å². The number of hydrogen-bond donors (Lipinski definition) is 0. The smallest absolute Gasteiger partial charge is 0.423 e. The first-order valence-corrected chi connectivity index (χ1v) is 12.1. The van der Waals surface area contributed by atoms with Crippen molar-refractivity contribution in [2.45, 2.75) is 25.9 Å². The average Bonchev–Trinajstić information content (AvgIpc) is 2.87. The third kappa shape index (κ3) is 6.92. The molecule has 0 radical (unpaired) electrons. The van der Waals surface area contributed by atoms with Crippen molar-refractivity contribution in [1.82, 2.24) is 0 Å². The third-order valence-electron chi connectivity index (χ3n) is 5.91.